The van der Waals surface area contributed by atoms with Crippen LogP contribution in [0.4, 0.5) is 0 Å². The fraction of sp³-hybridized carbons (Fsp3) is 0.667. The van der Waals surface area contributed by atoms with E-state index in [-0.39, 0.29) is 0 Å². The third-order valence-corrected chi connectivity index (χ3v) is 1.69. The molecule has 0 saturated heterocycles. The second-order valence-electron chi connectivity index (χ2n) is 2.43. The van der Waals surface area contributed by atoms with Crippen molar-refractivity contribution in [2.75, 3.05) is 6.61 Å². The second kappa shape index (κ2) is 7.73. The van der Waals surface area contributed by atoms with E-state index in [1.165, 1.54) is 19.3 Å². The van der Waals surface area contributed by atoms with Crippen LogP contribution in [0, 0.1) is 0 Å². The van der Waals surface area contributed by atoms with Gasteiger partial charge in [0.25, 0.3) is 0 Å². The average Bonchev–Trinajstić information content (AvgIpc) is 2.04. The molecule has 0 spiro atoms. The maximum Gasteiger partial charge on any atom is 0.183 e. The maximum absolute atomic E-state index is 5.15. The van der Waals surface area contributed by atoms with Crippen LogP contribution < -0.4 is 0 Å². The molecule has 0 aliphatic rings. The first-order valence-corrected chi connectivity index (χ1v) is 4.51. The molecule has 0 amide bonds. The summed E-state index contributed by atoms with van der Waals surface area (Å²) in [6.07, 6.45) is 6.43. The zero-order valence-corrected chi connectivity index (χ0v) is 7.95. The molecule has 0 atom stereocenters. The van der Waals surface area contributed by atoms with Gasteiger partial charge in [0.05, 0.1) is 6.61 Å². The zero-order chi connectivity index (χ0) is 8.53. The topological polar surface area (TPSA) is 9.23 Å². The Hall–Kier alpha value is -0.370. The van der Waals surface area contributed by atoms with Crippen LogP contribution in [0.25, 0.3) is 0 Å². The van der Waals surface area contributed by atoms with E-state index in [1.54, 1.807) is 6.08 Å². The first-order chi connectivity index (χ1) is 5.31. The monoisotopic (exact) mass is 172 g/mol. The van der Waals surface area contributed by atoms with E-state index in [0.29, 0.717) is 5.05 Å². The molecule has 0 rings (SSSR count). The summed E-state index contributed by atoms with van der Waals surface area (Å²) in [7, 11) is 0. The van der Waals surface area contributed by atoms with Crippen LogP contribution in [-0.4, -0.2) is 11.7 Å². The molecule has 0 aliphatic carbocycles. The summed E-state index contributed by atoms with van der Waals surface area (Å²) >= 11 is 4.79. The molecular formula is C9H16OS. The maximum atomic E-state index is 5.15. The standard InChI is InChI=1S/C9H16OS/c1-3-5-6-7-8-10-9(11)4-2/h4H,2-3,5-8H2,1H3. The van der Waals surface area contributed by atoms with Crippen molar-refractivity contribution in [3.05, 3.63) is 12.7 Å². The van der Waals surface area contributed by atoms with E-state index in [9.17, 15) is 0 Å². The van der Waals surface area contributed by atoms with Crippen molar-refractivity contribution < 1.29 is 4.74 Å². The molecule has 0 bridgehead atoms. The largest absolute Gasteiger partial charge is 0.483 e. The van der Waals surface area contributed by atoms with Crippen LogP contribution in [0.3, 0.4) is 0 Å². The molecule has 2 heteroatoms. The lowest BCUT2D eigenvalue weighted by atomic mass is 10.2. The molecule has 0 aromatic rings. The van der Waals surface area contributed by atoms with Gasteiger partial charge in [0, 0.05) is 0 Å². The van der Waals surface area contributed by atoms with Crippen LogP contribution >= 0.6 is 12.2 Å². The lowest BCUT2D eigenvalue weighted by Crippen LogP contribution is -1.99. The Balaban J connectivity index is 3.01. The van der Waals surface area contributed by atoms with Crippen molar-refractivity contribution in [1.29, 1.82) is 0 Å². The van der Waals surface area contributed by atoms with Gasteiger partial charge >= 0.3 is 0 Å². The highest BCUT2D eigenvalue weighted by molar-refractivity contribution is 7.80. The third-order valence-electron chi connectivity index (χ3n) is 1.41. The summed E-state index contributed by atoms with van der Waals surface area (Å²) in [6, 6.07) is 0. The molecule has 0 aliphatic heterocycles. The Morgan fingerprint density at radius 2 is 2.18 bits per heavy atom. The quantitative estimate of drug-likeness (QED) is 0.346. The van der Waals surface area contributed by atoms with Gasteiger partial charge in [-0.3, -0.25) is 0 Å². The van der Waals surface area contributed by atoms with Crippen molar-refractivity contribution >= 4 is 17.3 Å². The molecule has 0 aromatic heterocycles. The Bertz CT molecular complexity index is 121. The van der Waals surface area contributed by atoms with Crippen molar-refractivity contribution in [3.8, 4) is 0 Å². The number of rotatable bonds is 6. The Kier molecular flexibility index (Phi) is 7.47. The summed E-state index contributed by atoms with van der Waals surface area (Å²) in [5.74, 6) is 0. The normalized spacial score (nSPS) is 9.18. The summed E-state index contributed by atoms with van der Waals surface area (Å²) in [4.78, 5) is 0. The van der Waals surface area contributed by atoms with E-state index < -0.39 is 0 Å². The van der Waals surface area contributed by atoms with Gasteiger partial charge in [-0.15, -0.1) is 0 Å². The molecule has 0 fully saturated rings. The number of unbranched alkanes of at least 4 members (excludes halogenated alkanes) is 3. The highest BCUT2D eigenvalue weighted by atomic mass is 32.1. The van der Waals surface area contributed by atoms with Gasteiger partial charge in [0.15, 0.2) is 5.05 Å². The van der Waals surface area contributed by atoms with Crippen molar-refractivity contribution in [2.45, 2.75) is 32.6 Å². The van der Waals surface area contributed by atoms with E-state index in [0.717, 1.165) is 13.0 Å². The predicted octanol–water partition coefficient (Wildman–Crippen LogP) is 3.10. The molecular weight excluding hydrogens is 156 g/mol. The minimum Gasteiger partial charge on any atom is -0.483 e. The zero-order valence-electron chi connectivity index (χ0n) is 7.14. The molecule has 0 aromatic carbocycles. The van der Waals surface area contributed by atoms with E-state index in [2.05, 4.69) is 13.5 Å². The lowest BCUT2D eigenvalue weighted by molar-refractivity contribution is 0.302. The second-order valence-corrected chi connectivity index (χ2v) is 2.83. The molecule has 0 N–H and O–H groups in total. The number of ether oxygens (including phenoxy) is 1. The van der Waals surface area contributed by atoms with Crippen LogP contribution in [0.15, 0.2) is 12.7 Å². The number of hydrogen-bond donors (Lipinski definition) is 0. The van der Waals surface area contributed by atoms with Gasteiger partial charge in [-0.25, -0.2) is 0 Å². The molecule has 1 nitrogen and oxygen atoms in total. The van der Waals surface area contributed by atoms with E-state index in [4.69, 9.17) is 17.0 Å². The highest BCUT2D eigenvalue weighted by Gasteiger charge is 1.90. The van der Waals surface area contributed by atoms with Crippen LogP contribution in [0.1, 0.15) is 32.6 Å². The minimum absolute atomic E-state index is 0.515. The van der Waals surface area contributed by atoms with Gasteiger partial charge in [-0.05, 0) is 24.7 Å². The third kappa shape index (κ3) is 7.53. The van der Waals surface area contributed by atoms with Gasteiger partial charge in [-0.1, -0.05) is 32.8 Å². The van der Waals surface area contributed by atoms with Crippen molar-refractivity contribution in [1.82, 2.24) is 0 Å². The van der Waals surface area contributed by atoms with Gasteiger partial charge in [-0.2, -0.15) is 0 Å². The Morgan fingerprint density at radius 3 is 2.73 bits per heavy atom. The molecule has 0 saturated carbocycles. The molecule has 64 valence electrons. The van der Waals surface area contributed by atoms with Crippen molar-refractivity contribution in [3.63, 3.8) is 0 Å². The van der Waals surface area contributed by atoms with E-state index in [1.807, 2.05) is 0 Å². The minimum atomic E-state index is 0.515. The Morgan fingerprint density at radius 1 is 1.45 bits per heavy atom. The van der Waals surface area contributed by atoms with Gasteiger partial charge in [0.2, 0.25) is 0 Å². The van der Waals surface area contributed by atoms with Crippen LogP contribution in [-0.2, 0) is 4.74 Å². The number of hydrogen-bond acceptors (Lipinski definition) is 2. The highest BCUT2D eigenvalue weighted by Crippen LogP contribution is 1.99. The van der Waals surface area contributed by atoms with E-state index >= 15 is 0 Å². The first-order valence-electron chi connectivity index (χ1n) is 4.10. The summed E-state index contributed by atoms with van der Waals surface area (Å²) in [6.45, 7) is 6.44. The van der Waals surface area contributed by atoms with Crippen LogP contribution in [0.2, 0.25) is 0 Å². The fourth-order valence-corrected chi connectivity index (χ4v) is 0.844. The summed E-state index contributed by atoms with van der Waals surface area (Å²) in [5.41, 5.74) is 0. The van der Waals surface area contributed by atoms with Crippen LogP contribution in [0.5, 0.6) is 0 Å². The lowest BCUT2D eigenvalue weighted by Gasteiger charge is -2.02. The summed E-state index contributed by atoms with van der Waals surface area (Å²) in [5, 5.41) is 0.515. The first kappa shape index (κ1) is 10.6. The summed E-state index contributed by atoms with van der Waals surface area (Å²) < 4.78 is 5.15. The molecule has 0 unspecified atom stereocenters. The smallest absolute Gasteiger partial charge is 0.183 e. The fourth-order valence-electron chi connectivity index (χ4n) is 0.761. The Labute approximate surface area is 74.4 Å². The molecule has 0 heterocycles. The number of thiocarbonyl (C=S) groups is 1. The molecule has 0 radical (unpaired) electrons. The average molecular weight is 172 g/mol. The van der Waals surface area contributed by atoms with Gasteiger partial charge in [0.1, 0.15) is 0 Å². The van der Waals surface area contributed by atoms with Crippen molar-refractivity contribution in [2.24, 2.45) is 0 Å². The van der Waals surface area contributed by atoms with Gasteiger partial charge < -0.3 is 4.74 Å². The molecule has 11 heavy (non-hydrogen) atoms. The predicted molar refractivity (Wildman–Crippen MR) is 52.9 cm³/mol. The SMILES string of the molecule is C=CC(=S)OCCCCCC.